The van der Waals surface area contributed by atoms with Crippen molar-refractivity contribution in [2.75, 3.05) is 7.11 Å². The minimum atomic E-state index is -0.585. The standard InChI is InChI=1S/C28H38O5/c1-33-28(32)12-8-3-2-7-11-23-24(27(31)19-26(23)30)17-18-25(29)22-15-13-21(14-16-22)20-9-5-4-6-10-20/h4-6,9-10,13-16,23-27,29-31H,2-3,7-8,11-12,17-19H2,1H3/t23-,24-,25?,26?,27-/m1/s1. The van der Waals surface area contributed by atoms with Crippen LogP contribution in [0.3, 0.4) is 0 Å². The van der Waals surface area contributed by atoms with Crippen LogP contribution in [0.2, 0.25) is 0 Å². The third-order valence-corrected chi connectivity index (χ3v) is 7.09. The molecule has 1 fully saturated rings. The highest BCUT2D eigenvalue weighted by atomic mass is 16.5. The first-order valence-corrected chi connectivity index (χ1v) is 12.3. The molecule has 33 heavy (non-hydrogen) atoms. The Morgan fingerprint density at radius 1 is 0.879 bits per heavy atom. The van der Waals surface area contributed by atoms with Gasteiger partial charge in [0, 0.05) is 6.42 Å². The van der Waals surface area contributed by atoms with Crippen molar-refractivity contribution in [1.82, 2.24) is 0 Å². The summed E-state index contributed by atoms with van der Waals surface area (Å²) in [6.07, 6.45) is 5.15. The monoisotopic (exact) mass is 454 g/mol. The maximum absolute atomic E-state index is 11.2. The second kappa shape index (κ2) is 12.9. The Kier molecular flexibility index (Phi) is 9.92. The van der Waals surface area contributed by atoms with Gasteiger partial charge in [0.05, 0.1) is 25.4 Å². The maximum atomic E-state index is 11.2. The van der Waals surface area contributed by atoms with Crippen molar-refractivity contribution in [3.8, 4) is 11.1 Å². The van der Waals surface area contributed by atoms with Gasteiger partial charge < -0.3 is 20.1 Å². The molecule has 0 saturated heterocycles. The highest BCUT2D eigenvalue weighted by molar-refractivity contribution is 5.69. The summed E-state index contributed by atoms with van der Waals surface area (Å²) in [6, 6.07) is 18.2. The van der Waals surface area contributed by atoms with Gasteiger partial charge in [-0.25, -0.2) is 0 Å². The van der Waals surface area contributed by atoms with Gasteiger partial charge in [-0.05, 0) is 60.6 Å². The molecule has 3 rings (SSSR count). The van der Waals surface area contributed by atoms with Crippen LogP contribution in [0.1, 0.15) is 69.5 Å². The summed E-state index contributed by atoms with van der Waals surface area (Å²) in [7, 11) is 1.41. The SMILES string of the molecule is COC(=O)CCCCCC[C@H]1C(O)C[C@@H](O)[C@@H]1CCC(O)c1ccc(-c2ccccc2)cc1. The number of ether oxygens (including phenoxy) is 1. The first-order valence-electron chi connectivity index (χ1n) is 12.3. The molecule has 0 radical (unpaired) electrons. The normalized spacial score (nSPS) is 23.4. The van der Waals surface area contributed by atoms with Gasteiger partial charge in [0.25, 0.3) is 0 Å². The summed E-state index contributed by atoms with van der Waals surface area (Å²) in [5.74, 6) is -0.0979. The van der Waals surface area contributed by atoms with E-state index in [0.717, 1.165) is 48.8 Å². The quantitative estimate of drug-likeness (QED) is 0.309. The van der Waals surface area contributed by atoms with Gasteiger partial charge in [0.2, 0.25) is 0 Å². The molecule has 0 aliphatic heterocycles. The van der Waals surface area contributed by atoms with Crippen molar-refractivity contribution in [3.63, 3.8) is 0 Å². The predicted octanol–water partition coefficient (Wildman–Crippen LogP) is 5.04. The Hall–Kier alpha value is -2.21. The third kappa shape index (κ3) is 7.39. The lowest BCUT2D eigenvalue weighted by Crippen LogP contribution is -2.23. The Balaban J connectivity index is 1.46. The summed E-state index contributed by atoms with van der Waals surface area (Å²) in [5.41, 5.74) is 3.15. The summed E-state index contributed by atoms with van der Waals surface area (Å²) < 4.78 is 4.66. The number of aliphatic hydroxyl groups is 3. The molecule has 2 unspecified atom stereocenters. The number of benzene rings is 2. The van der Waals surface area contributed by atoms with Gasteiger partial charge in [-0.2, -0.15) is 0 Å². The number of rotatable bonds is 12. The molecule has 0 amide bonds. The summed E-state index contributed by atoms with van der Waals surface area (Å²) in [5, 5.41) is 31.7. The number of hydrogen-bond donors (Lipinski definition) is 3. The van der Waals surface area contributed by atoms with Crippen molar-refractivity contribution in [1.29, 1.82) is 0 Å². The van der Waals surface area contributed by atoms with Gasteiger partial charge in [0.1, 0.15) is 0 Å². The molecule has 1 aliphatic carbocycles. The minimum absolute atomic E-state index is 0.00770. The van der Waals surface area contributed by atoms with Crippen LogP contribution in [0.25, 0.3) is 11.1 Å². The van der Waals surface area contributed by atoms with Crippen LogP contribution in [0, 0.1) is 11.8 Å². The molecule has 5 nitrogen and oxygen atoms in total. The Morgan fingerprint density at radius 2 is 1.48 bits per heavy atom. The molecule has 0 heterocycles. The molecule has 0 spiro atoms. The van der Waals surface area contributed by atoms with Gasteiger partial charge in [-0.15, -0.1) is 0 Å². The molecule has 5 heteroatoms. The first-order chi connectivity index (χ1) is 16.0. The molecular weight excluding hydrogens is 416 g/mol. The predicted molar refractivity (Wildman–Crippen MR) is 129 cm³/mol. The summed E-state index contributed by atoms with van der Waals surface area (Å²) >= 11 is 0. The molecule has 0 aromatic heterocycles. The zero-order valence-electron chi connectivity index (χ0n) is 19.6. The number of unbranched alkanes of at least 4 members (excludes halogenated alkanes) is 3. The third-order valence-electron chi connectivity index (χ3n) is 7.09. The Morgan fingerprint density at radius 3 is 2.15 bits per heavy atom. The van der Waals surface area contributed by atoms with E-state index in [-0.39, 0.29) is 17.8 Å². The Bertz CT molecular complexity index is 835. The summed E-state index contributed by atoms with van der Waals surface area (Å²) in [4.78, 5) is 11.2. The smallest absolute Gasteiger partial charge is 0.305 e. The van der Waals surface area contributed by atoms with E-state index < -0.39 is 18.3 Å². The largest absolute Gasteiger partial charge is 0.469 e. The van der Waals surface area contributed by atoms with Crippen LogP contribution < -0.4 is 0 Å². The van der Waals surface area contributed by atoms with Crippen LogP contribution in [-0.2, 0) is 9.53 Å². The van der Waals surface area contributed by atoms with Crippen LogP contribution >= 0.6 is 0 Å². The first kappa shape index (κ1) is 25.4. The van der Waals surface area contributed by atoms with Gasteiger partial charge >= 0.3 is 5.97 Å². The van der Waals surface area contributed by atoms with E-state index >= 15 is 0 Å². The van der Waals surface area contributed by atoms with Crippen molar-refractivity contribution in [3.05, 3.63) is 60.2 Å². The van der Waals surface area contributed by atoms with Crippen LogP contribution in [-0.4, -0.2) is 40.6 Å². The number of esters is 1. The fraction of sp³-hybridized carbons (Fsp3) is 0.536. The van der Waals surface area contributed by atoms with E-state index in [1.807, 2.05) is 42.5 Å². The van der Waals surface area contributed by atoms with Gasteiger partial charge in [-0.3, -0.25) is 4.79 Å². The highest BCUT2D eigenvalue weighted by Crippen LogP contribution is 2.40. The average Bonchev–Trinajstić information content (AvgIpc) is 3.11. The number of hydrogen-bond acceptors (Lipinski definition) is 5. The second-order valence-electron chi connectivity index (χ2n) is 9.31. The number of aliphatic hydroxyl groups excluding tert-OH is 3. The van der Waals surface area contributed by atoms with Crippen molar-refractivity contribution < 1.29 is 24.9 Å². The topological polar surface area (TPSA) is 87.0 Å². The molecule has 2 aromatic rings. The molecule has 1 aliphatic rings. The van der Waals surface area contributed by atoms with E-state index in [4.69, 9.17) is 0 Å². The Labute approximate surface area is 197 Å². The molecule has 180 valence electrons. The molecular formula is C28H38O5. The second-order valence-corrected chi connectivity index (χ2v) is 9.31. The van der Waals surface area contributed by atoms with Gasteiger partial charge in [-0.1, -0.05) is 73.9 Å². The molecule has 1 saturated carbocycles. The average molecular weight is 455 g/mol. The van der Waals surface area contributed by atoms with E-state index in [1.165, 1.54) is 7.11 Å². The molecule has 0 bridgehead atoms. The number of carbonyl (C=O) groups excluding carboxylic acids is 1. The summed E-state index contributed by atoms with van der Waals surface area (Å²) in [6.45, 7) is 0. The number of carbonyl (C=O) groups is 1. The fourth-order valence-electron chi connectivity index (χ4n) is 5.13. The highest BCUT2D eigenvalue weighted by Gasteiger charge is 2.40. The maximum Gasteiger partial charge on any atom is 0.305 e. The number of methoxy groups -OCH3 is 1. The fourth-order valence-corrected chi connectivity index (χ4v) is 5.13. The minimum Gasteiger partial charge on any atom is -0.469 e. The van der Waals surface area contributed by atoms with E-state index in [0.29, 0.717) is 25.7 Å². The van der Waals surface area contributed by atoms with Crippen molar-refractivity contribution in [2.45, 2.75) is 76.1 Å². The molecule has 3 N–H and O–H groups in total. The van der Waals surface area contributed by atoms with E-state index in [9.17, 15) is 20.1 Å². The lowest BCUT2D eigenvalue weighted by molar-refractivity contribution is -0.140. The molecule has 2 aromatic carbocycles. The van der Waals surface area contributed by atoms with E-state index in [1.54, 1.807) is 0 Å². The van der Waals surface area contributed by atoms with Crippen LogP contribution in [0.5, 0.6) is 0 Å². The molecule has 5 atom stereocenters. The van der Waals surface area contributed by atoms with Crippen LogP contribution in [0.15, 0.2) is 54.6 Å². The lowest BCUT2D eigenvalue weighted by atomic mass is 9.84. The van der Waals surface area contributed by atoms with Crippen molar-refractivity contribution >= 4 is 5.97 Å². The van der Waals surface area contributed by atoms with E-state index in [2.05, 4.69) is 16.9 Å². The van der Waals surface area contributed by atoms with Gasteiger partial charge in [0.15, 0.2) is 0 Å². The zero-order valence-corrected chi connectivity index (χ0v) is 19.6. The van der Waals surface area contributed by atoms with Crippen LogP contribution in [0.4, 0.5) is 0 Å². The lowest BCUT2D eigenvalue weighted by Gasteiger charge is -2.25. The van der Waals surface area contributed by atoms with Crippen molar-refractivity contribution in [2.24, 2.45) is 11.8 Å². The zero-order chi connectivity index (χ0) is 23.6.